The molecule has 7 nitrogen and oxygen atoms in total. The Hall–Kier alpha value is -1.80. The summed E-state index contributed by atoms with van der Waals surface area (Å²) in [5.74, 6) is 0.710. The number of anilines is 1. The van der Waals surface area contributed by atoms with Crippen LogP contribution in [0.2, 0.25) is 0 Å². The monoisotopic (exact) mass is 397 g/mol. The van der Waals surface area contributed by atoms with E-state index in [9.17, 15) is 13.2 Å². The van der Waals surface area contributed by atoms with Crippen LogP contribution in [0.15, 0.2) is 23.1 Å². The van der Waals surface area contributed by atoms with Gasteiger partial charge in [0.25, 0.3) is 0 Å². The van der Waals surface area contributed by atoms with E-state index in [4.69, 9.17) is 4.74 Å². The summed E-state index contributed by atoms with van der Waals surface area (Å²) < 4.78 is 31.7. The average molecular weight is 398 g/mol. The minimum atomic E-state index is -3.65. The number of carbonyl (C=O) groups is 1. The maximum Gasteiger partial charge on any atom is 0.246 e. The third-order valence-corrected chi connectivity index (χ3v) is 6.75. The van der Waals surface area contributed by atoms with Crippen molar-refractivity contribution in [2.45, 2.75) is 50.5 Å². The first-order valence-electron chi connectivity index (χ1n) is 9.48. The van der Waals surface area contributed by atoms with Crippen LogP contribution in [0.5, 0.6) is 5.75 Å². The van der Waals surface area contributed by atoms with E-state index in [0.717, 1.165) is 23.6 Å². The van der Waals surface area contributed by atoms with Gasteiger partial charge in [0.1, 0.15) is 10.6 Å². The quantitative estimate of drug-likeness (QED) is 0.703. The molecule has 27 heavy (non-hydrogen) atoms. The SMILES string of the molecule is CCOc1ccc(NCC(=O)N[C@@H]2CCCC[C@@H]2C)cc1S(=O)(=O)N(C)C. The lowest BCUT2D eigenvalue weighted by atomic mass is 9.86. The predicted molar refractivity (Wildman–Crippen MR) is 107 cm³/mol. The topological polar surface area (TPSA) is 87.7 Å². The maximum absolute atomic E-state index is 12.6. The van der Waals surface area contributed by atoms with Gasteiger partial charge in [0, 0.05) is 25.8 Å². The molecule has 0 saturated heterocycles. The fraction of sp³-hybridized carbons (Fsp3) is 0.632. The molecule has 2 rings (SSSR count). The molecule has 1 amide bonds. The standard InChI is InChI=1S/C19H31N3O4S/c1-5-26-17-11-10-15(12-18(17)27(24,25)22(3)4)20-13-19(23)21-16-9-7-6-8-14(16)2/h10-12,14,16,20H,5-9,13H2,1-4H3,(H,21,23)/t14-,16+/m0/s1. The molecule has 0 radical (unpaired) electrons. The average Bonchev–Trinajstić information content (AvgIpc) is 2.62. The normalized spacial score (nSPS) is 20.3. The molecule has 1 aromatic rings. The molecule has 0 heterocycles. The van der Waals surface area contributed by atoms with Gasteiger partial charge in [0.05, 0.1) is 13.2 Å². The number of nitrogens with zero attached hydrogens (tertiary/aromatic N) is 1. The smallest absolute Gasteiger partial charge is 0.246 e. The van der Waals surface area contributed by atoms with Crippen LogP contribution in [0.4, 0.5) is 5.69 Å². The van der Waals surface area contributed by atoms with Crippen LogP contribution < -0.4 is 15.4 Å². The Morgan fingerprint density at radius 1 is 1.26 bits per heavy atom. The van der Waals surface area contributed by atoms with Crippen molar-refractivity contribution in [1.29, 1.82) is 0 Å². The second-order valence-corrected chi connectivity index (χ2v) is 9.29. The molecule has 0 spiro atoms. The van der Waals surface area contributed by atoms with Gasteiger partial charge >= 0.3 is 0 Å². The molecule has 2 N–H and O–H groups in total. The van der Waals surface area contributed by atoms with Crippen molar-refractivity contribution >= 4 is 21.6 Å². The van der Waals surface area contributed by atoms with Crippen LogP contribution in [0.1, 0.15) is 39.5 Å². The molecule has 2 atom stereocenters. The Bertz CT molecular complexity index is 749. The van der Waals surface area contributed by atoms with Crippen molar-refractivity contribution in [3.63, 3.8) is 0 Å². The van der Waals surface area contributed by atoms with E-state index in [1.165, 1.54) is 26.6 Å². The zero-order chi connectivity index (χ0) is 20.0. The van der Waals surface area contributed by atoms with E-state index in [1.807, 2.05) is 0 Å². The predicted octanol–water partition coefficient (Wildman–Crippen LogP) is 2.44. The zero-order valence-electron chi connectivity index (χ0n) is 16.6. The van der Waals surface area contributed by atoms with Crippen LogP contribution in [-0.2, 0) is 14.8 Å². The van der Waals surface area contributed by atoms with Crippen LogP contribution in [-0.4, -0.2) is 51.9 Å². The number of rotatable bonds is 8. The Morgan fingerprint density at radius 3 is 2.59 bits per heavy atom. The van der Waals surface area contributed by atoms with E-state index in [2.05, 4.69) is 17.6 Å². The molecule has 0 unspecified atom stereocenters. The van der Waals surface area contributed by atoms with Gasteiger partial charge in [0.15, 0.2) is 0 Å². The molecule has 0 aliphatic heterocycles. The van der Waals surface area contributed by atoms with Crippen LogP contribution in [0, 0.1) is 5.92 Å². The third-order valence-electron chi connectivity index (χ3n) is 4.91. The van der Waals surface area contributed by atoms with Gasteiger partial charge in [-0.1, -0.05) is 19.8 Å². The number of ether oxygens (including phenoxy) is 1. The first kappa shape index (κ1) is 21.5. The summed E-state index contributed by atoms with van der Waals surface area (Å²) in [6, 6.07) is 5.06. The van der Waals surface area contributed by atoms with Gasteiger partial charge in [-0.3, -0.25) is 4.79 Å². The second-order valence-electron chi connectivity index (χ2n) is 7.17. The molecule has 152 valence electrons. The van der Waals surface area contributed by atoms with Crippen molar-refractivity contribution in [3.05, 3.63) is 18.2 Å². The molecule has 0 aromatic heterocycles. The Balaban J connectivity index is 2.07. The van der Waals surface area contributed by atoms with E-state index >= 15 is 0 Å². The van der Waals surface area contributed by atoms with Crippen molar-refractivity contribution < 1.29 is 17.9 Å². The summed E-state index contributed by atoms with van der Waals surface area (Å²) >= 11 is 0. The number of hydrogen-bond donors (Lipinski definition) is 2. The molecule has 1 aliphatic rings. The summed E-state index contributed by atoms with van der Waals surface area (Å²) in [5, 5.41) is 6.10. The first-order valence-corrected chi connectivity index (χ1v) is 10.9. The van der Waals surface area contributed by atoms with E-state index in [1.54, 1.807) is 19.1 Å². The summed E-state index contributed by atoms with van der Waals surface area (Å²) in [5.41, 5.74) is 0.561. The van der Waals surface area contributed by atoms with Crippen molar-refractivity contribution in [3.8, 4) is 5.75 Å². The second kappa shape index (κ2) is 9.41. The van der Waals surface area contributed by atoms with Crippen LogP contribution in [0.3, 0.4) is 0 Å². The van der Waals surface area contributed by atoms with Crippen LogP contribution >= 0.6 is 0 Å². The first-order chi connectivity index (χ1) is 12.8. The molecular formula is C19H31N3O4S. The third kappa shape index (κ3) is 5.59. The number of carbonyl (C=O) groups excluding carboxylic acids is 1. The minimum Gasteiger partial charge on any atom is -0.492 e. The number of hydrogen-bond acceptors (Lipinski definition) is 5. The highest BCUT2D eigenvalue weighted by Gasteiger charge is 2.24. The van der Waals surface area contributed by atoms with Gasteiger partial charge in [-0.15, -0.1) is 0 Å². The van der Waals surface area contributed by atoms with E-state index in [0.29, 0.717) is 24.0 Å². The lowest BCUT2D eigenvalue weighted by molar-refractivity contribution is -0.120. The summed E-state index contributed by atoms with van der Waals surface area (Å²) in [4.78, 5) is 12.3. The molecular weight excluding hydrogens is 366 g/mol. The Kier molecular flexibility index (Phi) is 7.49. The molecule has 1 fully saturated rings. The van der Waals surface area contributed by atoms with Gasteiger partial charge < -0.3 is 15.4 Å². The minimum absolute atomic E-state index is 0.0837. The highest BCUT2D eigenvalue weighted by Crippen LogP contribution is 2.29. The van der Waals surface area contributed by atoms with Gasteiger partial charge in [-0.05, 0) is 43.9 Å². The summed E-state index contributed by atoms with van der Waals surface area (Å²) in [6.45, 7) is 4.43. The van der Waals surface area contributed by atoms with E-state index < -0.39 is 10.0 Å². The number of sulfonamides is 1. The molecule has 1 saturated carbocycles. The highest BCUT2D eigenvalue weighted by atomic mass is 32.2. The largest absolute Gasteiger partial charge is 0.492 e. The van der Waals surface area contributed by atoms with Crippen molar-refractivity contribution in [1.82, 2.24) is 9.62 Å². The van der Waals surface area contributed by atoms with Gasteiger partial charge in [0.2, 0.25) is 15.9 Å². The number of nitrogens with one attached hydrogen (secondary N) is 2. The highest BCUT2D eigenvalue weighted by molar-refractivity contribution is 7.89. The van der Waals surface area contributed by atoms with E-state index in [-0.39, 0.29) is 23.4 Å². The van der Waals surface area contributed by atoms with Crippen molar-refractivity contribution in [2.24, 2.45) is 5.92 Å². The summed E-state index contributed by atoms with van der Waals surface area (Å²) in [6.07, 6.45) is 4.53. The van der Waals surface area contributed by atoms with Crippen LogP contribution in [0.25, 0.3) is 0 Å². The Labute approximate surface area is 162 Å². The lowest BCUT2D eigenvalue weighted by Gasteiger charge is -2.29. The molecule has 8 heteroatoms. The number of amides is 1. The molecule has 1 aliphatic carbocycles. The van der Waals surface area contributed by atoms with Gasteiger partial charge in [-0.2, -0.15) is 0 Å². The maximum atomic E-state index is 12.6. The fourth-order valence-corrected chi connectivity index (χ4v) is 4.31. The molecule has 1 aromatic carbocycles. The van der Waals surface area contributed by atoms with Crippen molar-refractivity contribution in [2.75, 3.05) is 32.6 Å². The van der Waals surface area contributed by atoms with Gasteiger partial charge in [-0.25, -0.2) is 12.7 Å². The Morgan fingerprint density at radius 2 is 1.96 bits per heavy atom. The fourth-order valence-electron chi connectivity index (χ4n) is 3.26. The zero-order valence-corrected chi connectivity index (χ0v) is 17.4. The summed E-state index contributed by atoms with van der Waals surface area (Å²) in [7, 11) is -0.701. The molecule has 0 bridgehead atoms. The number of benzene rings is 1. The lowest BCUT2D eigenvalue weighted by Crippen LogP contribution is -2.43.